The SMILES string of the molecule is CSc1cc(C)[nH]c(=O)c1CNC(=O)c1c(C)n([C@H](C)C2CCC(NC(=O)CC34CC5CC(CC(C5)C3)C4)CC2)c2ccccc12. The lowest BCUT2D eigenvalue weighted by Gasteiger charge is -2.56. The van der Waals surface area contributed by atoms with Gasteiger partial charge in [0.05, 0.1) is 5.56 Å². The molecule has 5 aliphatic rings. The summed E-state index contributed by atoms with van der Waals surface area (Å²) in [6, 6.07) is 10.6. The molecule has 4 bridgehead atoms. The molecule has 3 N–H and O–H groups in total. The number of para-hydroxylation sites is 1. The van der Waals surface area contributed by atoms with Crippen LogP contribution in [0.1, 0.15) is 111 Å². The van der Waals surface area contributed by atoms with Crippen LogP contribution in [0.5, 0.6) is 0 Å². The average Bonchev–Trinajstić information content (AvgIpc) is 3.30. The fraction of sp³-hybridized carbons (Fsp3) is 0.605. The predicted molar refractivity (Wildman–Crippen MR) is 185 cm³/mol. The number of aromatic nitrogens is 2. The Balaban J connectivity index is 1.01. The highest BCUT2D eigenvalue weighted by Crippen LogP contribution is 2.61. The van der Waals surface area contributed by atoms with Gasteiger partial charge in [0.2, 0.25) is 5.91 Å². The number of fused-ring (bicyclic) bond motifs is 1. The highest BCUT2D eigenvalue weighted by atomic mass is 32.2. The second-order valence-corrected chi connectivity index (χ2v) is 16.2. The quantitative estimate of drug-likeness (QED) is 0.212. The number of thioether (sulfide) groups is 1. The Hall–Kier alpha value is -3.00. The summed E-state index contributed by atoms with van der Waals surface area (Å²) in [5.74, 6) is 3.23. The molecule has 1 aromatic carbocycles. The van der Waals surface area contributed by atoms with Crippen molar-refractivity contribution in [1.29, 1.82) is 0 Å². The second-order valence-electron chi connectivity index (χ2n) is 15.4. The zero-order valence-electron chi connectivity index (χ0n) is 27.9. The summed E-state index contributed by atoms with van der Waals surface area (Å²) in [6.07, 6.45) is 14.9. The highest BCUT2D eigenvalue weighted by Gasteiger charge is 2.51. The van der Waals surface area contributed by atoms with E-state index in [4.69, 9.17) is 0 Å². The van der Waals surface area contributed by atoms with Crippen LogP contribution in [0, 0.1) is 42.9 Å². The molecule has 1 atom stereocenters. The van der Waals surface area contributed by atoms with Gasteiger partial charge >= 0.3 is 0 Å². The largest absolute Gasteiger partial charge is 0.353 e. The first kappa shape index (κ1) is 31.6. The molecule has 5 fully saturated rings. The minimum absolute atomic E-state index is 0.155. The van der Waals surface area contributed by atoms with E-state index < -0.39 is 0 Å². The molecule has 8 heteroatoms. The van der Waals surface area contributed by atoms with Crippen molar-refractivity contribution in [3.63, 3.8) is 0 Å². The number of rotatable bonds is 9. The normalized spacial score (nSPS) is 29.2. The minimum Gasteiger partial charge on any atom is -0.353 e. The van der Waals surface area contributed by atoms with E-state index in [1.54, 1.807) is 0 Å². The van der Waals surface area contributed by atoms with E-state index in [1.165, 1.54) is 50.3 Å². The van der Waals surface area contributed by atoms with Crippen molar-refractivity contribution in [2.24, 2.45) is 29.1 Å². The number of carbonyl (C=O) groups excluding carboxylic acids is 2. The standard InChI is InChI=1S/C38H50N4O3S/c1-22-13-33(46-4)31(36(44)40-22)21-39-37(45)35-24(3)42(32-8-6-5-7-30(32)35)23(2)28-9-11-29(12-10-28)41-34(43)20-38-17-25-14-26(18-38)16-27(15-25)19-38/h5-8,13,23,25-29H,9-12,14-21H2,1-4H3,(H,39,45)(H,40,44)(H,41,43)/t23-,25?,26?,27?,28?,29?,38?/m1/s1. The summed E-state index contributed by atoms with van der Waals surface area (Å²) in [4.78, 5) is 43.5. The molecule has 0 aliphatic heterocycles. The number of aryl methyl sites for hydroxylation is 1. The van der Waals surface area contributed by atoms with Gasteiger partial charge in [-0.05, 0) is 132 Å². The molecule has 0 radical (unpaired) electrons. The first-order valence-electron chi connectivity index (χ1n) is 17.6. The molecular formula is C38H50N4O3S. The number of amides is 2. The Morgan fingerprint density at radius 3 is 2.33 bits per heavy atom. The van der Waals surface area contributed by atoms with Crippen LogP contribution < -0.4 is 16.2 Å². The Morgan fingerprint density at radius 1 is 1.02 bits per heavy atom. The highest BCUT2D eigenvalue weighted by molar-refractivity contribution is 7.98. The lowest BCUT2D eigenvalue weighted by atomic mass is 9.49. The third kappa shape index (κ3) is 5.95. The second kappa shape index (κ2) is 12.6. The van der Waals surface area contributed by atoms with Crippen LogP contribution in [0.25, 0.3) is 10.9 Å². The van der Waals surface area contributed by atoms with E-state index in [-0.39, 0.29) is 35.5 Å². The maximum atomic E-state index is 13.7. The van der Waals surface area contributed by atoms with Gasteiger partial charge in [-0.15, -0.1) is 11.8 Å². The molecular weight excluding hydrogens is 593 g/mol. The summed E-state index contributed by atoms with van der Waals surface area (Å²) in [6.45, 7) is 6.38. The van der Waals surface area contributed by atoms with Crippen molar-refractivity contribution < 1.29 is 9.59 Å². The maximum absolute atomic E-state index is 13.7. The maximum Gasteiger partial charge on any atom is 0.254 e. The van der Waals surface area contributed by atoms with Gasteiger partial charge in [0, 0.05) is 57.8 Å². The van der Waals surface area contributed by atoms with E-state index >= 15 is 0 Å². The molecule has 2 amide bonds. The molecule has 8 rings (SSSR count). The van der Waals surface area contributed by atoms with Crippen LogP contribution in [0.2, 0.25) is 0 Å². The number of hydrogen-bond donors (Lipinski definition) is 3. The number of nitrogens with zero attached hydrogens (tertiary/aromatic N) is 1. The monoisotopic (exact) mass is 642 g/mol. The zero-order valence-corrected chi connectivity index (χ0v) is 28.7. The van der Waals surface area contributed by atoms with Gasteiger partial charge in [-0.1, -0.05) is 18.2 Å². The Labute approximate surface area is 277 Å². The fourth-order valence-electron chi connectivity index (χ4n) is 10.6. The molecule has 2 aromatic heterocycles. The van der Waals surface area contributed by atoms with Crippen LogP contribution >= 0.6 is 11.8 Å². The van der Waals surface area contributed by atoms with E-state index in [0.29, 0.717) is 23.0 Å². The van der Waals surface area contributed by atoms with E-state index in [1.807, 2.05) is 44.4 Å². The summed E-state index contributed by atoms with van der Waals surface area (Å²) in [5.41, 5.74) is 4.24. The number of hydrogen-bond acceptors (Lipinski definition) is 4. The molecule has 5 aliphatic carbocycles. The molecule has 7 nitrogen and oxygen atoms in total. The van der Waals surface area contributed by atoms with Crippen molar-refractivity contribution in [2.75, 3.05) is 6.26 Å². The minimum atomic E-state index is -0.156. The van der Waals surface area contributed by atoms with Crippen molar-refractivity contribution in [2.45, 2.75) is 115 Å². The summed E-state index contributed by atoms with van der Waals surface area (Å²) in [7, 11) is 0. The number of pyridine rings is 1. The number of aromatic amines is 1. The number of carbonyl (C=O) groups is 2. The lowest BCUT2D eigenvalue weighted by Crippen LogP contribution is -2.49. The lowest BCUT2D eigenvalue weighted by molar-refractivity contribution is -0.130. The van der Waals surface area contributed by atoms with Gasteiger partial charge < -0.3 is 20.2 Å². The van der Waals surface area contributed by atoms with Crippen LogP contribution in [-0.4, -0.2) is 33.7 Å². The Kier molecular flexibility index (Phi) is 8.62. The first-order valence-corrected chi connectivity index (χ1v) is 18.8. The van der Waals surface area contributed by atoms with Gasteiger partial charge in [0.25, 0.3) is 11.5 Å². The Bertz CT molecular complexity index is 1660. The van der Waals surface area contributed by atoms with Crippen molar-refractivity contribution in [1.82, 2.24) is 20.2 Å². The van der Waals surface area contributed by atoms with Crippen LogP contribution in [0.15, 0.2) is 40.0 Å². The third-order valence-corrected chi connectivity index (χ3v) is 13.0. The van der Waals surface area contributed by atoms with Gasteiger partial charge in [0.15, 0.2) is 0 Å². The molecule has 5 saturated carbocycles. The van der Waals surface area contributed by atoms with Gasteiger partial charge in [0.1, 0.15) is 0 Å². The Morgan fingerprint density at radius 2 is 1.67 bits per heavy atom. The number of nitrogens with one attached hydrogen (secondary N) is 3. The van der Waals surface area contributed by atoms with E-state index in [9.17, 15) is 14.4 Å². The van der Waals surface area contributed by atoms with Gasteiger partial charge in [-0.25, -0.2) is 0 Å². The molecule has 46 heavy (non-hydrogen) atoms. The van der Waals surface area contributed by atoms with Crippen molar-refractivity contribution >= 4 is 34.5 Å². The third-order valence-electron chi connectivity index (χ3n) is 12.2. The first-order chi connectivity index (χ1) is 22.1. The van der Waals surface area contributed by atoms with E-state index in [2.05, 4.69) is 33.2 Å². The van der Waals surface area contributed by atoms with Crippen LogP contribution in [0.3, 0.4) is 0 Å². The van der Waals surface area contributed by atoms with Crippen molar-refractivity contribution in [3.8, 4) is 0 Å². The predicted octanol–water partition coefficient (Wildman–Crippen LogP) is 7.44. The van der Waals surface area contributed by atoms with Crippen LogP contribution in [0.4, 0.5) is 0 Å². The van der Waals surface area contributed by atoms with Crippen molar-refractivity contribution in [3.05, 3.63) is 63.2 Å². The zero-order chi connectivity index (χ0) is 32.2. The summed E-state index contributed by atoms with van der Waals surface area (Å²) >= 11 is 1.52. The average molecular weight is 643 g/mol. The van der Waals surface area contributed by atoms with Crippen LogP contribution in [-0.2, 0) is 11.3 Å². The molecule has 0 unspecified atom stereocenters. The number of benzene rings is 1. The summed E-state index contributed by atoms with van der Waals surface area (Å²) < 4.78 is 2.35. The fourth-order valence-corrected chi connectivity index (χ4v) is 11.3. The molecule has 3 aromatic rings. The topological polar surface area (TPSA) is 96.0 Å². The molecule has 0 saturated heterocycles. The molecule has 246 valence electrons. The van der Waals surface area contributed by atoms with Gasteiger partial charge in [-0.2, -0.15) is 0 Å². The van der Waals surface area contributed by atoms with E-state index in [0.717, 1.165) is 77.0 Å². The molecule has 0 spiro atoms. The molecule has 2 heterocycles. The number of H-pyrrole nitrogens is 1. The van der Waals surface area contributed by atoms with Gasteiger partial charge in [-0.3, -0.25) is 14.4 Å². The smallest absolute Gasteiger partial charge is 0.254 e. The summed E-state index contributed by atoms with van der Waals surface area (Å²) in [5, 5.41) is 7.47.